The SMILES string of the molecule is CC(C)C(=O)NCC1CCCN(C(=O)C2=Cc3ccccc3OC2)C1. The van der Waals surface area contributed by atoms with Crippen LogP contribution in [0.3, 0.4) is 0 Å². The van der Waals surface area contributed by atoms with Crippen LogP contribution in [0.15, 0.2) is 29.8 Å². The summed E-state index contributed by atoms with van der Waals surface area (Å²) in [6, 6.07) is 7.75. The monoisotopic (exact) mass is 342 g/mol. The van der Waals surface area contributed by atoms with Gasteiger partial charge in [-0.1, -0.05) is 32.0 Å². The van der Waals surface area contributed by atoms with Crippen molar-refractivity contribution in [3.05, 3.63) is 35.4 Å². The van der Waals surface area contributed by atoms with E-state index in [4.69, 9.17) is 4.74 Å². The molecule has 1 fully saturated rings. The highest BCUT2D eigenvalue weighted by Gasteiger charge is 2.27. The van der Waals surface area contributed by atoms with Gasteiger partial charge in [-0.3, -0.25) is 9.59 Å². The number of carbonyl (C=O) groups is 2. The molecule has 1 aromatic rings. The smallest absolute Gasteiger partial charge is 0.253 e. The van der Waals surface area contributed by atoms with Gasteiger partial charge in [-0.05, 0) is 30.9 Å². The predicted octanol–water partition coefficient (Wildman–Crippen LogP) is 2.47. The molecular formula is C20H26N2O3. The Hall–Kier alpha value is -2.30. The van der Waals surface area contributed by atoms with E-state index in [1.165, 1.54) is 0 Å². The summed E-state index contributed by atoms with van der Waals surface area (Å²) in [4.78, 5) is 26.5. The van der Waals surface area contributed by atoms with Gasteiger partial charge in [0.05, 0.1) is 5.57 Å². The van der Waals surface area contributed by atoms with Gasteiger partial charge in [0.2, 0.25) is 5.91 Å². The fraction of sp³-hybridized carbons (Fsp3) is 0.500. The minimum Gasteiger partial charge on any atom is -0.488 e. The van der Waals surface area contributed by atoms with Gasteiger partial charge in [-0.2, -0.15) is 0 Å². The molecule has 1 saturated heterocycles. The summed E-state index contributed by atoms with van der Waals surface area (Å²) >= 11 is 0. The number of ether oxygens (including phenoxy) is 1. The molecule has 0 radical (unpaired) electrons. The van der Waals surface area contributed by atoms with Crippen LogP contribution in [0.2, 0.25) is 0 Å². The number of fused-ring (bicyclic) bond motifs is 1. The Bertz CT molecular complexity index is 681. The maximum absolute atomic E-state index is 12.8. The normalized spacial score (nSPS) is 19.7. The highest BCUT2D eigenvalue weighted by Crippen LogP contribution is 2.27. The van der Waals surface area contributed by atoms with E-state index in [-0.39, 0.29) is 17.7 Å². The number of likely N-dealkylation sites (tertiary alicyclic amines) is 1. The third-order valence-corrected chi connectivity index (χ3v) is 4.80. The molecule has 1 N–H and O–H groups in total. The van der Waals surface area contributed by atoms with Crippen molar-refractivity contribution in [2.45, 2.75) is 26.7 Å². The molecular weight excluding hydrogens is 316 g/mol. The van der Waals surface area contributed by atoms with Crippen LogP contribution in [0.4, 0.5) is 0 Å². The number of hydrogen-bond donors (Lipinski definition) is 1. The second-order valence-corrected chi connectivity index (χ2v) is 7.16. The Labute approximate surface area is 149 Å². The summed E-state index contributed by atoms with van der Waals surface area (Å²) in [6.45, 7) is 6.20. The number of rotatable bonds is 4. The van der Waals surface area contributed by atoms with E-state index in [0.29, 0.717) is 31.2 Å². The van der Waals surface area contributed by atoms with Crippen LogP contribution in [0.1, 0.15) is 32.3 Å². The van der Waals surface area contributed by atoms with Crippen molar-refractivity contribution in [1.29, 1.82) is 0 Å². The van der Waals surface area contributed by atoms with Gasteiger partial charge in [-0.15, -0.1) is 0 Å². The lowest BCUT2D eigenvalue weighted by molar-refractivity contribution is -0.129. The van der Waals surface area contributed by atoms with Crippen molar-refractivity contribution in [3.8, 4) is 5.75 Å². The number of hydrogen-bond acceptors (Lipinski definition) is 3. The molecule has 5 heteroatoms. The maximum Gasteiger partial charge on any atom is 0.253 e. The summed E-state index contributed by atoms with van der Waals surface area (Å²) in [5.74, 6) is 1.26. The van der Waals surface area contributed by atoms with E-state index in [0.717, 1.165) is 30.7 Å². The number of nitrogens with zero attached hydrogens (tertiary/aromatic N) is 1. The first-order chi connectivity index (χ1) is 12.0. The highest BCUT2D eigenvalue weighted by molar-refractivity contribution is 5.99. The Kier molecular flexibility index (Phi) is 5.41. The van der Waals surface area contributed by atoms with Crippen LogP contribution in [0.5, 0.6) is 5.75 Å². The standard InChI is InChI=1S/C20H26N2O3/c1-14(2)19(23)21-11-15-6-5-9-22(12-15)20(24)17-10-16-7-3-4-8-18(16)25-13-17/h3-4,7-8,10,14-15H,5-6,9,11-13H2,1-2H3,(H,21,23). The first kappa shape index (κ1) is 17.5. The van der Waals surface area contributed by atoms with E-state index in [1.807, 2.05) is 49.1 Å². The van der Waals surface area contributed by atoms with E-state index in [2.05, 4.69) is 5.32 Å². The van der Waals surface area contributed by atoms with Gasteiger partial charge < -0.3 is 15.0 Å². The average Bonchev–Trinajstić information content (AvgIpc) is 2.65. The summed E-state index contributed by atoms with van der Waals surface area (Å²) < 4.78 is 5.71. The highest BCUT2D eigenvalue weighted by atomic mass is 16.5. The number of para-hydroxylation sites is 1. The summed E-state index contributed by atoms with van der Waals surface area (Å²) in [7, 11) is 0. The lowest BCUT2D eigenvalue weighted by atomic mass is 9.96. The predicted molar refractivity (Wildman–Crippen MR) is 97.1 cm³/mol. The van der Waals surface area contributed by atoms with Gasteiger partial charge in [0.1, 0.15) is 12.4 Å². The number of benzene rings is 1. The van der Waals surface area contributed by atoms with Crippen LogP contribution < -0.4 is 10.1 Å². The molecule has 25 heavy (non-hydrogen) atoms. The van der Waals surface area contributed by atoms with Crippen molar-refractivity contribution in [2.75, 3.05) is 26.2 Å². The minimum absolute atomic E-state index is 0.00839. The average molecular weight is 342 g/mol. The van der Waals surface area contributed by atoms with Crippen LogP contribution in [0, 0.1) is 11.8 Å². The zero-order valence-corrected chi connectivity index (χ0v) is 15.0. The van der Waals surface area contributed by atoms with Gasteiger partial charge in [-0.25, -0.2) is 0 Å². The zero-order valence-electron chi connectivity index (χ0n) is 15.0. The zero-order chi connectivity index (χ0) is 17.8. The molecule has 0 saturated carbocycles. The van der Waals surface area contributed by atoms with Gasteiger partial charge in [0.25, 0.3) is 5.91 Å². The largest absolute Gasteiger partial charge is 0.488 e. The molecule has 3 rings (SSSR count). The van der Waals surface area contributed by atoms with Crippen molar-refractivity contribution >= 4 is 17.9 Å². The summed E-state index contributed by atoms with van der Waals surface area (Å²) in [5.41, 5.74) is 1.65. The first-order valence-electron chi connectivity index (χ1n) is 9.04. The molecule has 2 heterocycles. The molecule has 1 unspecified atom stereocenters. The number of carbonyl (C=O) groups excluding carboxylic acids is 2. The molecule has 2 amide bonds. The molecule has 0 bridgehead atoms. The van der Waals surface area contributed by atoms with Crippen LogP contribution in [0.25, 0.3) is 6.08 Å². The van der Waals surface area contributed by atoms with Crippen molar-refractivity contribution < 1.29 is 14.3 Å². The van der Waals surface area contributed by atoms with E-state index in [1.54, 1.807) is 0 Å². The quantitative estimate of drug-likeness (QED) is 0.914. The van der Waals surface area contributed by atoms with E-state index < -0.39 is 0 Å². The summed E-state index contributed by atoms with van der Waals surface area (Å²) in [6.07, 6.45) is 3.95. The van der Waals surface area contributed by atoms with Crippen molar-refractivity contribution in [1.82, 2.24) is 10.2 Å². The van der Waals surface area contributed by atoms with Crippen LogP contribution in [-0.2, 0) is 9.59 Å². The second kappa shape index (κ2) is 7.72. The molecule has 2 aliphatic heterocycles. The van der Waals surface area contributed by atoms with E-state index in [9.17, 15) is 9.59 Å². The topological polar surface area (TPSA) is 58.6 Å². The van der Waals surface area contributed by atoms with Crippen LogP contribution in [-0.4, -0.2) is 43.0 Å². The Morgan fingerprint density at radius 1 is 1.32 bits per heavy atom. The number of nitrogens with one attached hydrogen (secondary N) is 1. The van der Waals surface area contributed by atoms with Gasteiger partial charge in [0, 0.05) is 31.1 Å². The molecule has 2 aliphatic rings. The lowest BCUT2D eigenvalue weighted by Crippen LogP contribution is -2.45. The molecule has 134 valence electrons. The van der Waals surface area contributed by atoms with E-state index >= 15 is 0 Å². The molecule has 1 aromatic carbocycles. The molecule has 0 aromatic heterocycles. The van der Waals surface area contributed by atoms with Gasteiger partial charge >= 0.3 is 0 Å². The Morgan fingerprint density at radius 3 is 2.92 bits per heavy atom. The third-order valence-electron chi connectivity index (χ3n) is 4.80. The molecule has 0 aliphatic carbocycles. The third kappa shape index (κ3) is 4.21. The Balaban J connectivity index is 1.61. The molecule has 5 nitrogen and oxygen atoms in total. The first-order valence-corrected chi connectivity index (χ1v) is 9.04. The number of piperidine rings is 1. The molecule has 0 spiro atoms. The maximum atomic E-state index is 12.8. The second-order valence-electron chi connectivity index (χ2n) is 7.16. The molecule has 1 atom stereocenters. The van der Waals surface area contributed by atoms with Crippen molar-refractivity contribution in [2.24, 2.45) is 11.8 Å². The summed E-state index contributed by atoms with van der Waals surface area (Å²) in [5, 5.41) is 2.99. The Morgan fingerprint density at radius 2 is 2.12 bits per heavy atom. The fourth-order valence-corrected chi connectivity index (χ4v) is 3.31. The fourth-order valence-electron chi connectivity index (χ4n) is 3.31. The minimum atomic E-state index is -0.00839. The van der Waals surface area contributed by atoms with Gasteiger partial charge in [0.15, 0.2) is 0 Å². The van der Waals surface area contributed by atoms with Crippen molar-refractivity contribution in [3.63, 3.8) is 0 Å². The number of amides is 2. The van der Waals surface area contributed by atoms with Crippen LogP contribution >= 0.6 is 0 Å². The lowest BCUT2D eigenvalue weighted by Gasteiger charge is -2.34.